The molecule has 1 aromatic carbocycles. The number of hydrogen-bond donors (Lipinski definition) is 1. The molecule has 1 N–H and O–H groups in total. The number of aryl methyl sites for hydroxylation is 1. The molecule has 0 aliphatic carbocycles. The molecule has 0 bridgehead atoms. The van der Waals surface area contributed by atoms with E-state index in [2.05, 4.69) is 25.6 Å². The number of aromatic nitrogens is 1. The van der Waals surface area contributed by atoms with Crippen molar-refractivity contribution in [2.24, 2.45) is 0 Å². The number of methoxy groups -OCH3 is 1. The van der Waals surface area contributed by atoms with Gasteiger partial charge in [0, 0.05) is 23.4 Å². The largest absolute Gasteiger partial charge is 0.495 e. The molecule has 2 rings (SSSR count). The van der Waals surface area contributed by atoms with Gasteiger partial charge in [0.1, 0.15) is 10.6 Å². The van der Waals surface area contributed by atoms with Crippen LogP contribution in [0.5, 0.6) is 5.75 Å². The minimum Gasteiger partial charge on any atom is -0.495 e. The second kappa shape index (κ2) is 6.55. The summed E-state index contributed by atoms with van der Waals surface area (Å²) in [6.07, 6.45) is 3.33. The van der Waals surface area contributed by atoms with Gasteiger partial charge in [0.15, 0.2) is 0 Å². The van der Waals surface area contributed by atoms with Crippen LogP contribution in [-0.2, 0) is 16.6 Å². The van der Waals surface area contributed by atoms with E-state index in [1.54, 1.807) is 30.6 Å². The lowest BCUT2D eigenvalue weighted by Crippen LogP contribution is -2.24. The molecule has 0 fully saturated rings. The average molecular weight is 371 g/mol. The Morgan fingerprint density at radius 3 is 2.76 bits per heavy atom. The van der Waals surface area contributed by atoms with Crippen molar-refractivity contribution in [2.45, 2.75) is 18.4 Å². The highest BCUT2D eigenvalue weighted by molar-refractivity contribution is 9.10. The predicted molar refractivity (Wildman–Crippen MR) is 83.7 cm³/mol. The molecule has 21 heavy (non-hydrogen) atoms. The zero-order valence-electron chi connectivity index (χ0n) is 11.6. The number of rotatable bonds is 5. The van der Waals surface area contributed by atoms with Crippen molar-refractivity contribution in [1.29, 1.82) is 0 Å². The molecule has 0 spiro atoms. The van der Waals surface area contributed by atoms with E-state index in [0.29, 0.717) is 10.2 Å². The fraction of sp³-hybridized carbons (Fsp3) is 0.214. The molecule has 5 nitrogen and oxygen atoms in total. The van der Waals surface area contributed by atoms with Crippen LogP contribution in [0.1, 0.15) is 11.1 Å². The Hall–Kier alpha value is -1.44. The van der Waals surface area contributed by atoms with E-state index in [4.69, 9.17) is 4.74 Å². The Bertz CT molecular complexity index is 748. The van der Waals surface area contributed by atoms with E-state index in [9.17, 15) is 8.42 Å². The van der Waals surface area contributed by atoms with Crippen molar-refractivity contribution < 1.29 is 13.2 Å². The summed E-state index contributed by atoms with van der Waals surface area (Å²) in [6, 6.07) is 6.64. The van der Waals surface area contributed by atoms with E-state index in [-0.39, 0.29) is 11.4 Å². The predicted octanol–water partition coefficient (Wildman–Crippen LogP) is 2.64. The number of nitrogens with one attached hydrogen (secondary N) is 1. The Kier molecular flexibility index (Phi) is 4.97. The number of benzene rings is 1. The van der Waals surface area contributed by atoms with E-state index in [1.165, 1.54) is 13.2 Å². The van der Waals surface area contributed by atoms with Gasteiger partial charge in [-0.3, -0.25) is 4.98 Å². The molecule has 1 heterocycles. The average Bonchev–Trinajstić information content (AvgIpc) is 2.46. The Labute approximate surface area is 132 Å². The van der Waals surface area contributed by atoms with E-state index in [0.717, 1.165) is 11.1 Å². The number of nitrogens with zero attached hydrogens (tertiary/aromatic N) is 1. The highest BCUT2D eigenvalue weighted by Crippen LogP contribution is 2.27. The fourth-order valence-electron chi connectivity index (χ4n) is 1.81. The Morgan fingerprint density at radius 2 is 2.10 bits per heavy atom. The van der Waals surface area contributed by atoms with Gasteiger partial charge in [-0.2, -0.15) is 0 Å². The van der Waals surface area contributed by atoms with Crippen molar-refractivity contribution in [3.8, 4) is 5.75 Å². The van der Waals surface area contributed by atoms with Gasteiger partial charge in [-0.1, -0.05) is 15.9 Å². The summed E-state index contributed by atoms with van der Waals surface area (Å²) in [4.78, 5) is 4.09. The summed E-state index contributed by atoms with van der Waals surface area (Å²) in [6.45, 7) is 2.09. The molecule has 0 saturated heterocycles. The van der Waals surface area contributed by atoms with Crippen LogP contribution in [0, 0.1) is 6.92 Å². The number of ether oxygens (including phenoxy) is 1. The molecule has 0 aliphatic rings. The summed E-state index contributed by atoms with van der Waals surface area (Å²) in [5.74, 6) is 0.303. The number of halogens is 1. The van der Waals surface area contributed by atoms with Gasteiger partial charge < -0.3 is 4.74 Å². The summed E-state index contributed by atoms with van der Waals surface area (Å²) in [5.41, 5.74) is 1.81. The second-order valence-corrected chi connectivity index (χ2v) is 7.07. The lowest BCUT2D eigenvalue weighted by molar-refractivity contribution is 0.402. The molecular weight excluding hydrogens is 356 g/mol. The first-order chi connectivity index (χ1) is 9.94. The third-order valence-electron chi connectivity index (χ3n) is 3.00. The van der Waals surface area contributed by atoms with Crippen LogP contribution in [0.15, 0.2) is 46.0 Å². The molecule has 1 aromatic heterocycles. The quantitative estimate of drug-likeness (QED) is 0.878. The topological polar surface area (TPSA) is 68.3 Å². The van der Waals surface area contributed by atoms with Gasteiger partial charge in [0.05, 0.1) is 7.11 Å². The van der Waals surface area contributed by atoms with Crippen LogP contribution in [0.4, 0.5) is 0 Å². The normalized spacial score (nSPS) is 11.4. The van der Waals surface area contributed by atoms with Crippen LogP contribution in [-0.4, -0.2) is 20.5 Å². The van der Waals surface area contributed by atoms with Gasteiger partial charge in [-0.15, -0.1) is 0 Å². The first-order valence-electron chi connectivity index (χ1n) is 6.17. The molecule has 0 unspecified atom stereocenters. The molecule has 112 valence electrons. The molecule has 7 heteroatoms. The van der Waals surface area contributed by atoms with Crippen molar-refractivity contribution in [1.82, 2.24) is 9.71 Å². The standard InChI is InChI=1S/C14H15BrN2O3S/c1-10-8-16-6-5-11(10)9-17-21(18,19)14-7-12(15)3-4-13(14)20-2/h3-8,17H,9H2,1-2H3. The van der Waals surface area contributed by atoms with Gasteiger partial charge in [0.25, 0.3) is 0 Å². The van der Waals surface area contributed by atoms with Crippen molar-refractivity contribution in [2.75, 3.05) is 7.11 Å². The summed E-state index contributed by atoms with van der Waals surface area (Å²) in [7, 11) is -2.23. The third-order valence-corrected chi connectivity index (χ3v) is 4.92. The highest BCUT2D eigenvalue weighted by Gasteiger charge is 2.19. The van der Waals surface area contributed by atoms with Crippen LogP contribution >= 0.6 is 15.9 Å². The maximum absolute atomic E-state index is 12.4. The first-order valence-corrected chi connectivity index (χ1v) is 8.44. The fourth-order valence-corrected chi connectivity index (χ4v) is 3.52. The Morgan fingerprint density at radius 1 is 1.33 bits per heavy atom. The SMILES string of the molecule is COc1ccc(Br)cc1S(=O)(=O)NCc1ccncc1C. The van der Waals surface area contributed by atoms with Crippen LogP contribution in [0.3, 0.4) is 0 Å². The second-order valence-electron chi connectivity index (χ2n) is 4.42. The molecule has 0 saturated carbocycles. The van der Waals surface area contributed by atoms with Crippen molar-refractivity contribution in [3.63, 3.8) is 0 Å². The highest BCUT2D eigenvalue weighted by atomic mass is 79.9. The van der Waals surface area contributed by atoms with Crippen molar-refractivity contribution in [3.05, 3.63) is 52.3 Å². The minimum atomic E-state index is -3.67. The number of sulfonamides is 1. The molecule has 0 aliphatic heterocycles. The maximum atomic E-state index is 12.4. The van der Waals surface area contributed by atoms with Crippen LogP contribution < -0.4 is 9.46 Å². The number of hydrogen-bond acceptors (Lipinski definition) is 4. The van der Waals surface area contributed by atoms with Gasteiger partial charge in [-0.25, -0.2) is 13.1 Å². The Balaban J connectivity index is 2.27. The van der Waals surface area contributed by atoms with Crippen LogP contribution in [0.25, 0.3) is 0 Å². The lowest BCUT2D eigenvalue weighted by Gasteiger charge is -2.12. The van der Waals surface area contributed by atoms with E-state index in [1.807, 2.05) is 6.92 Å². The van der Waals surface area contributed by atoms with E-state index < -0.39 is 10.0 Å². The van der Waals surface area contributed by atoms with Gasteiger partial charge >= 0.3 is 0 Å². The smallest absolute Gasteiger partial charge is 0.244 e. The zero-order chi connectivity index (χ0) is 15.5. The van der Waals surface area contributed by atoms with Crippen molar-refractivity contribution >= 4 is 26.0 Å². The molecule has 0 atom stereocenters. The first kappa shape index (κ1) is 15.9. The summed E-state index contributed by atoms with van der Waals surface area (Å²) in [5, 5.41) is 0. The molecule has 0 amide bonds. The molecule has 2 aromatic rings. The molecular formula is C14H15BrN2O3S. The summed E-state index contributed by atoms with van der Waals surface area (Å²) >= 11 is 3.27. The number of pyridine rings is 1. The zero-order valence-corrected chi connectivity index (χ0v) is 14.0. The van der Waals surface area contributed by atoms with Gasteiger partial charge in [0.2, 0.25) is 10.0 Å². The van der Waals surface area contributed by atoms with Gasteiger partial charge in [-0.05, 0) is 42.3 Å². The van der Waals surface area contributed by atoms with E-state index >= 15 is 0 Å². The monoisotopic (exact) mass is 370 g/mol. The third kappa shape index (κ3) is 3.81. The molecule has 0 radical (unpaired) electrons. The van der Waals surface area contributed by atoms with Crippen LogP contribution in [0.2, 0.25) is 0 Å². The summed E-state index contributed by atoms with van der Waals surface area (Å²) < 4.78 is 33.2. The lowest BCUT2D eigenvalue weighted by atomic mass is 10.2. The minimum absolute atomic E-state index is 0.103. The maximum Gasteiger partial charge on any atom is 0.244 e.